The summed E-state index contributed by atoms with van der Waals surface area (Å²) in [5.74, 6) is -0.928. The fourth-order valence-corrected chi connectivity index (χ4v) is 6.14. The summed E-state index contributed by atoms with van der Waals surface area (Å²) in [6.07, 6.45) is 4.17. The highest BCUT2D eigenvalue weighted by Crippen LogP contribution is 2.41. The van der Waals surface area contributed by atoms with Gasteiger partial charge in [0.25, 0.3) is 0 Å². The average Bonchev–Trinajstić information content (AvgIpc) is 3.33. The molecule has 1 aliphatic heterocycles. The van der Waals surface area contributed by atoms with Gasteiger partial charge in [0.05, 0.1) is 16.2 Å². The van der Waals surface area contributed by atoms with Crippen LogP contribution >= 0.6 is 0 Å². The van der Waals surface area contributed by atoms with E-state index in [0.29, 0.717) is 22.5 Å². The maximum Gasteiger partial charge on any atom is 0.222 e. The van der Waals surface area contributed by atoms with E-state index in [-0.39, 0.29) is 15.5 Å². The van der Waals surface area contributed by atoms with E-state index in [1.807, 2.05) is 72.8 Å². The van der Waals surface area contributed by atoms with E-state index in [9.17, 15) is 18.0 Å². The predicted molar refractivity (Wildman–Crippen MR) is 141 cm³/mol. The zero-order valence-electron chi connectivity index (χ0n) is 19.0. The van der Waals surface area contributed by atoms with Crippen LogP contribution in [0.1, 0.15) is 20.7 Å². The number of hydrogen-bond acceptors (Lipinski definition) is 5. The fraction of sp³-hybridized carbons (Fsp3) is 0. The molecule has 1 aliphatic carbocycles. The van der Waals surface area contributed by atoms with Crippen LogP contribution in [0.15, 0.2) is 131 Å². The highest BCUT2D eigenvalue weighted by molar-refractivity contribution is 7.99. The van der Waals surface area contributed by atoms with Crippen molar-refractivity contribution in [2.45, 2.75) is 0 Å². The number of fused-ring (bicyclic) bond motifs is 2. The summed E-state index contributed by atoms with van der Waals surface area (Å²) in [6, 6.07) is 29.3. The minimum atomic E-state index is -4.05. The van der Waals surface area contributed by atoms with Crippen LogP contribution in [0.5, 0.6) is 0 Å². The van der Waals surface area contributed by atoms with Gasteiger partial charge in [-0.15, -0.1) is 0 Å². The number of para-hydroxylation sites is 1. The number of nitrogens with zero attached hydrogens (tertiary/aromatic N) is 1. The normalized spacial score (nSPS) is 16.1. The van der Waals surface area contributed by atoms with Crippen LogP contribution in [-0.4, -0.2) is 20.0 Å². The van der Waals surface area contributed by atoms with E-state index in [1.165, 1.54) is 18.2 Å². The SMILES string of the molecule is O=C1C(=CC2=CC=C(N(c3ccccc3)c3cccc4ccccc34)S2(=O)=O)C(=O)c2ccccc21. The van der Waals surface area contributed by atoms with Crippen LogP contribution in [0.4, 0.5) is 11.4 Å². The Balaban J connectivity index is 1.46. The number of rotatable bonds is 4. The van der Waals surface area contributed by atoms with Gasteiger partial charge in [-0.2, -0.15) is 0 Å². The van der Waals surface area contributed by atoms with Crippen molar-refractivity contribution in [3.8, 4) is 0 Å². The monoisotopic (exact) mass is 489 g/mol. The molecule has 0 spiro atoms. The number of benzene rings is 4. The van der Waals surface area contributed by atoms with Crippen LogP contribution in [0.3, 0.4) is 0 Å². The maximum absolute atomic E-state index is 13.8. The second kappa shape index (κ2) is 8.29. The third-order valence-corrected chi connectivity index (χ3v) is 8.15. The quantitative estimate of drug-likeness (QED) is 0.254. The summed E-state index contributed by atoms with van der Waals surface area (Å²) >= 11 is 0. The molecule has 0 radical (unpaired) electrons. The van der Waals surface area contributed by atoms with Gasteiger partial charge in [-0.05, 0) is 41.8 Å². The van der Waals surface area contributed by atoms with Gasteiger partial charge in [-0.3, -0.25) is 14.5 Å². The molecule has 0 atom stereocenters. The molecule has 0 fully saturated rings. The number of ketones is 2. The molecule has 0 amide bonds. The van der Waals surface area contributed by atoms with Gasteiger partial charge in [0.1, 0.15) is 5.03 Å². The lowest BCUT2D eigenvalue weighted by Gasteiger charge is -2.27. The van der Waals surface area contributed by atoms with E-state index >= 15 is 0 Å². The van der Waals surface area contributed by atoms with Crippen molar-refractivity contribution in [3.63, 3.8) is 0 Å². The Labute approximate surface area is 208 Å². The Morgan fingerprint density at radius 1 is 0.639 bits per heavy atom. The number of Topliss-reactive ketones (excluding diaryl/α,β-unsaturated/α-hetero) is 2. The number of carbonyl (C=O) groups is 2. The Hall–Kier alpha value is -4.55. The van der Waals surface area contributed by atoms with Gasteiger partial charge in [0.2, 0.25) is 9.84 Å². The summed E-state index contributed by atoms with van der Waals surface area (Å²) in [7, 11) is -4.05. The van der Waals surface area contributed by atoms with Gasteiger partial charge in [-0.25, -0.2) is 8.42 Å². The van der Waals surface area contributed by atoms with Crippen molar-refractivity contribution in [1.29, 1.82) is 0 Å². The Morgan fingerprint density at radius 3 is 1.97 bits per heavy atom. The molecule has 4 aromatic carbocycles. The molecular weight excluding hydrogens is 470 g/mol. The third-order valence-electron chi connectivity index (χ3n) is 6.41. The molecule has 2 aliphatic rings. The van der Waals surface area contributed by atoms with Crippen molar-refractivity contribution >= 4 is 43.6 Å². The molecule has 0 bridgehead atoms. The first-order valence-electron chi connectivity index (χ1n) is 11.4. The molecule has 5 nitrogen and oxygen atoms in total. The van der Waals surface area contributed by atoms with Crippen LogP contribution in [0, 0.1) is 0 Å². The Morgan fingerprint density at radius 2 is 1.25 bits per heavy atom. The number of allylic oxidation sites excluding steroid dienone is 4. The predicted octanol–water partition coefficient (Wildman–Crippen LogP) is 6.14. The largest absolute Gasteiger partial charge is 0.300 e. The van der Waals surface area contributed by atoms with Crippen molar-refractivity contribution in [2.24, 2.45) is 0 Å². The van der Waals surface area contributed by atoms with E-state index in [2.05, 4.69) is 0 Å². The molecule has 36 heavy (non-hydrogen) atoms. The molecule has 0 unspecified atom stereocenters. The highest BCUT2D eigenvalue weighted by atomic mass is 32.2. The van der Waals surface area contributed by atoms with Gasteiger partial charge in [-0.1, -0.05) is 78.9 Å². The lowest BCUT2D eigenvalue weighted by molar-refractivity contribution is 0.0988. The van der Waals surface area contributed by atoms with Gasteiger partial charge < -0.3 is 0 Å². The first-order valence-corrected chi connectivity index (χ1v) is 12.9. The van der Waals surface area contributed by atoms with Gasteiger partial charge >= 0.3 is 0 Å². The topological polar surface area (TPSA) is 71.5 Å². The molecule has 6 heteroatoms. The fourth-order valence-electron chi connectivity index (χ4n) is 4.68. The number of carbonyl (C=O) groups excluding carboxylic acids is 2. The lowest BCUT2D eigenvalue weighted by Crippen LogP contribution is -2.22. The zero-order chi connectivity index (χ0) is 24.9. The number of sulfone groups is 1. The van der Waals surface area contributed by atoms with Gasteiger partial charge in [0.15, 0.2) is 11.6 Å². The van der Waals surface area contributed by atoms with Crippen molar-refractivity contribution in [3.05, 3.63) is 142 Å². The molecule has 6 rings (SSSR count). The lowest BCUT2D eigenvalue weighted by atomic mass is 10.1. The molecule has 0 saturated carbocycles. The number of hydrogen-bond donors (Lipinski definition) is 0. The van der Waals surface area contributed by atoms with Gasteiger partial charge in [0, 0.05) is 22.2 Å². The minimum Gasteiger partial charge on any atom is -0.300 e. The van der Waals surface area contributed by atoms with Crippen molar-refractivity contribution in [2.75, 3.05) is 4.90 Å². The van der Waals surface area contributed by atoms with Crippen LogP contribution in [0.25, 0.3) is 10.8 Å². The Bertz CT molecular complexity index is 1740. The van der Waals surface area contributed by atoms with Crippen LogP contribution < -0.4 is 4.90 Å². The highest BCUT2D eigenvalue weighted by Gasteiger charge is 2.37. The molecular formula is C30H19NO4S. The van der Waals surface area contributed by atoms with E-state index in [4.69, 9.17) is 0 Å². The second-order valence-electron chi connectivity index (χ2n) is 8.51. The summed E-state index contributed by atoms with van der Waals surface area (Å²) in [4.78, 5) is 27.4. The maximum atomic E-state index is 13.8. The van der Waals surface area contributed by atoms with Crippen LogP contribution in [-0.2, 0) is 9.84 Å². The van der Waals surface area contributed by atoms with Crippen molar-refractivity contribution in [1.82, 2.24) is 0 Å². The second-order valence-corrected chi connectivity index (χ2v) is 10.4. The van der Waals surface area contributed by atoms with E-state index < -0.39 is 21.4 Å². The molecule has 1 heterocycles. The summed E-state index contributed by atoms with van der Waals surface area (Å²) in [5, 5.41) is 1.91. The molecule has 4 aromatic rings. The zero-order valence-corrected chi connectivity index (χ0v) is 19.8. The summed E-state index contributed by atoms with van der Waals surface area (Å²) in [6.45, 7) is 0. The first-order chi connectivity index (χ1) is 17.5. The van der Waals surface area contributed by atoms with Crippen molar-refractivity contribution < 1.29 is 18.0 Å². The van der Waals surface area contributed by atoms with E-state index in [1.54, 1.807) is 29.2 Å². The van der Waals surface area contributed by atoms with Crippen LogP contribution in [0.2, 0.25) is 0 Å². The third kappa shape index (κ3) is 3.34. The number of anilines is 2. The minimum absolute atomic E-state index is 0.0484. The Kier molecular flexibility index (Phi) is 5.05. The molecule has 0 saturated heterocycles. The summed E-state index contributed by atoms with van der Waals surface area (Å²) in [5.41, 5.74) is 1.82. The molecule has 0 aromatic heterocycles. The molecule has 174 valence electrons. The van der Waals surface area contributed by atoms with E-state index in [0.717, 1.165) is 10.8 Å². The standard InChI is InChI=1S/C30H19NO4S/c32-29-24-14-6-7-15-25(24)30(33)26(29)19-22-17-18-28(36(22,34)35)31(21-11-2-1-3-12-21)27-16-8-10-20-9-4-5-13-23(20)27/h1-19H. The smallest absolute Gasteiger partial charge is 0.222 e. The summed E-state index contributed by atoms with van der Waals surface area (Å²) < 4.78 is 27.7. The average molecular weight is 490 g/mol. The molecule has 0 N–H and O–H groups in total. The first kappa shape index (κ1) is 21.9.